The van der Waals surface area contributed by atoms with Crippen LogP contribution in [0.2, 0.25) is 0 Å². The first-order valence-corrected chi connectivity index (χ1v) is 7.58. The first kappa shape index (κ1) is 15.6. The molecule has 0 aliphatic heterocycles. The molecule has 3 rings (SSSR count). The Morgan fingerprint density at radius 1 is 1.30 bits per heavy atom. The number of H-pyrrole nitrogens is 1. The van der Waals surface area contributed by atoms with Crippen LogP contribution in [0.15, 0.2) is 48.1 Å². The molecule has 0 spiro atoms. The fraction of sp³-hybridized carbons (Fsp3) is 0.353. The van der Waals surface area contributed by atoms with Crippen molar-refractivity contribution in [1.82, 2.24) is 20.6 Å². The predicted molar refractivity (Wildman–Crippen MR) is 86.3 cm³/mol. The van der Waals surface area contributed by atoms with E-state index in [1.54, 1.807) is 14.0 Å². The Labute approximate surface area is 134 Å². The third kappa shape index (κ3) is 2.95. The Hall–Kier alpha value is -2.31. The van der Waals surface area contributed by atoms with Crippen molar-refractivity contribution in [1.29, 1.82) is 0 Å². The van der Waals surface area contributed by atoms with E-state index in [1.807, 2.05) is 42.5 Å². The Morgan fingerprint density at radius 2 is 2.09 bits per heavy atom. The van der Waals surface area contributed by atoms with Crippen LogP contribution < -0.4 is 0 Å². The summed E-state index contributed by atoms with van der Waals surface area (Å²) in [6.45, 7) is 1.78. The number of tetrazole rings is 1. The van der Waals surface area contributed by atoms with E-state index >= 15 is 0 Å². The Balaban J connectivity index is 2.11. The minimum Gasteiger partial charge on any atom is -0.393 e. The zero-order chi connectivity index (χ0) is 16.3. The highest BCUT2D eigenvalue weighted by atomic mass is 16.5. The zero-order valence-electron chi connectivity index (χ0n) is 13.2. The highest BCUT2D eigenvalue weighted by Gasteiger charge is 2.43. The van der Waals surface area contributed by atoms with Crippen LogP contribution >= 0.6 is 0 Å². The molecule has 0 bridgehead atoms. The Bertz CT molecular complexity index is 707. The van der Waals surface area contributed by atoms with Gasteiger partial charge in [0, 0.05) is 13.5 Å². The van der Waals surface area contributed by atoms with Crippen LogP contribution in [0.4, 0.5) is 0 Å². The van der Waals surface area contributed by atoms with Gasteiger partial charge in [0.15, 0.2) is 5.60 Å². The van der Waals surface area contributed by atoms with Gasteiger partial charge >= 0.3 is 0 Å². The van der Waals surface area contributed by atoms with Crippen molar-refractivity contribution in [3.05, 3.63) is 59.4 Å². The van der Waals surface area contributed by atoms with Crippen molar-refractivity contribution in [2.75, 3.05) is 7.11 Å². The molecule has 0 fully saturated rings. The van der Waals surface area contributed by atoms with Crippen molar-refractivity contribution in [2.24, 2.45) is 0 Å². The van der Waals surface area contributed by atoms with Gasteiger partial charge in [-0.1, -0.05) is 53.3 Å². The molecule has 0 radical (unpaired) electrons. The highest BCUT2D eigenvalue weighted by Crippen LogP contribution is 2.45. The van der Waals surface area contributed by atoms with Gasteiger partial charge in [0.25, 0.3) is 0 Å². The van der Waals surface area contributed by atoms with E-state index in [9.17, 15) is 5.11 Å². The lowest BCUT2D eigenvalue weighted by atomic mass is 9.77. The van der Waals surface area contributed by atoms with Crippen molar-refractivity contribution in [3.8, 4) is 0 Å². The van der Waals surface area contributed by atoms with Gasteiger partial charge in [-0.2, -0.15) is 5.21 Å². The second-order valence-corrected chi connectivity index (χ2v) is 5.77. The molecule has 1 heterocycles. The number of methoxy groups -OCH3 is 1. The number of aliphatic hydroxyl groups is 1. The molecule has 0 amide bonds. The van der Waals surface area contributed by atoms with Gasteiger partial charge in [0.2, 0.25) is 5.82 Å². The summed E-state index contributed by atoms with van der Waals surface area (Å²) in [5.74, 6) is 0.492. The van der Waals surface area contributed by atoms with Gasteiger partial charge in [-0.05, 0) is 24.5 Å². The summed E-state index contributed by atoms with van der Waals surface area (Å²) in [4.78, 5) is 0. The van der Waals surface area contributed by atoms with Crippen molar-refractivity contribution < 1.29 is 9.84 Å². The average molecular weight is 312 g/mol. The number of nitrogens with one attached hydrogen (secondary N) is 1. The van der Waals surface area contributed by atoms with Crippen LogP contribution in [0.1, 0.15) is 31.2 Å². The average Bonchev–Trinajstić information content (AvgIpc) is 3.10. The summed E-state index contributed by atoms with van der Waals surface area (Å²) < 4.78 is 5.93. The molecule has 2 aromatic rings. The Morgan fingerprint density at radius 3 is 2.70 bits per heavy atom. The molecular weight excluding hydrogens is 292 g/mol. The number of nitrogens with zero attached hydrogens (tertiary/aromatic N) is 3. The minimum atomic E-state index is -0.812. The molecule has 1 aliphatic carbocycles. The largest absolute Gasteiger partial charge is 0.393 e. The molecule has 120 valence electrons. The highest BCUT2D eigenvalue weighted by molar-refractivity contribution is 5.76. The van der Waals surface area contributed by atoms with Crippen LogP contribution in [-0.4, -0.2) is 38.9 Å². The molecule has 6 heteroatoms. The molecule has 23 heavy (non-hydrogen) atoms. The normalized spacial score (nSPS) is 22.4. The Kier molecular flexibility index (Phi) is 4.36. The molecule has 0 saturated heterocycles. The monoisotopic (exact) mass is 312 g/mol. The van der Waals surface area contributed by atoms with Gasteiger partial charge in [0.05, 0.1) is 6.10 Å². The summed E-state index contributed by atoms with van der Waals surface area (Å²) >= 11 is 0. The van der Waals surface area contributed by atoms with Gasteiger partial charge < -0.3 is 9.84 Å². The van der Waals surface area contributed by atoms with Crippen molar-refractivity contribution in [3.63, 3.8) is 0 Å². The van der Waals surface area contributed by atoms with Crippen molar-refractivity contribution >= 4 is 5.57 Å². The molecule has 2 unspecified atom stereocenters. The second kappa shape index (κ2) is 6.44. The number of aliphatic hydroxyl groups excluding tert-OH is 1. The maximum atomic E-state index is 9.71. The maximum absolute atomic E-state index is 9.71. The third-order valence-corrected chi connectivity index (χ3v) is 4.09. The summed E-state index contributed by atoms with van der Waals surface area (Å²) in [6, 6.07) is 10.0. The molecule has 1 aromatic carbocycles. The van der Waals surface area contributed by atoms with E-state index in [2.05, 4.69) is 20.6 Å². The summed E-state index contributed by atoms with van der Waals surface area (Å²) in [5, 5.41) is 24.2. The van der Waals surface area contributed by atoms with E-state index in [0.29, 0.717) is 18.7 Å². The molecule has 1 aliphatic rings. The first-order chi connectivity index (χ1) is 11.2. The van der Waals surface area contributed by atoms with E-state index < -0.39 is 11.7 Å². The number of benzene rings is 1. The summed E-state index contributed by atoms with van der Waals surface area (Å²) in [7, 11) is 1.65. The molecule has 1 aromatic heterocycles. The fourth-order valence-electron chi connectivity index (χ4n) is 3.08. The van der Waals surface area contributed by atoms with Gasteiger partial charge in [-0.3, -0.25) is 0 Å². The number of hydrogen-bond donors (Lipinski definition) is 2. The number of allylic oxidation sites excluding steroid dienone is 2. The van der Waals surface area contributed by atoms with E-state index in [-0.39, 0.29) is 0 Å². The third-order valence-electron chi connectivity index (χ3n) is 4.09. The van der Waals surface area contributed by atoms with E-state index in [1.165, 1.54) is 0 Å². The maximum Gasteiger partial charge on any atom is 0.211 e. The predicted octanol–water partition coefficient (Wildman–Crippen LogP) is 2.23. The van der Waals surface area contributed by atoms with E-state index in [4.69, 9.17) is 4.74 Å². The molecule has 2 atom stereocenters. The van der Waals surface area contributed by atoms with E-state index in [0.717, 1.165) is 16.7 Å². The number of aromatic nitrogens is 4. The molecule has 2 N–H and O–H groups in total. The number of rotatable bonds is 5. The molecule has 0 saturated carbocycles. The van der Waals surface area contributed by atoms with Crippen LogP contribution in [0.5, 0.6) is 0 Å². The van der Waals surface area contributed by atoms with Crippen molar-refractivity contribution in [2.45, 2.75) is 31.5 Å². The number of aromatic amines is 1. The second-order valence-electron chi connectivity index (χ2n) is 5.77. The van der Waals surface area contributed by atoms with Gasteiger partial charge in [0.1, 0.15) is 0 Å². The number of hydrogen-bond acceptors (Lipinski definition) is 5. The number of ether oxygens (including phenoxy) is 1. The lowest BCUT2D eigenvalue weighted by Crippen LogP contribution is -2.34. The first-order valence-electron chi connectivity index (χ1n) is 7.58. The fourth-order valence-corrected chi connectivity index (χ4v) is 3.08. The van der Waals surface area contributed by atoms with Crippen LogP contribution in [0, 0.1) is 0 Å². The minimum absolute atomic E-state index is 0.409. The standard InChI is InChI=1S/C17H20N4O2/c1-12(22)10-13-8-9-15(14-6-4-3-5-7-14)17(11-13,23-2)16-18-20-21-19-16/h3-9,12,22H,10-11H2,1-2H3,(H,18,19,20,21). The van der Waals surface area contributed by atoms with Gasteiger partial charge in [-0.15, -0.1) is 10.2 Å². The molecular formula is C17H20N4O2. The zero-order valence-corrected chi connectivity index (χ0v) is 13.2. The summed E-state index contributed by atoms with van der Waals surface area (Å²) in [6.07, 6.45) is 4.83. The van der Waals surface area contributed by atoms with Gasteiger partial charge in [-0.25, -0.2) is 0 Å². The van der Waals surface area contributed by atoms with Crippen LogP contribution in [0.25, 0.3) is 5.57 Å². The topological polar surface area (TPSA) is 83.9 Å². The SMILES string of the molecule is COC1(c2nn[nH]n2)CC(CC(C)O)=CC=C1c1ccccc1. The quantitative estimate of drug-likeness (QED) is 0.884. The van der Waals surface area contributed by atoms with Crippen LogP contribution in [0.3, 0.4) is 0 Å². The molecule has 6 nitrogen and oxygen atoms in total. The summed E-state index contributed by atoms with van der Waals surface area (Å²) in [5.41, 5.74) is 2.31. The lowest BCUT2D eigenvalue weighted by molar-refractivity contribution is 0.0283. The van der Waals surface area contributed by atoms with Crippen LogP contribution in [-0.2, 0) is 10.3 Å². The lowest BCUT2D eigenvalue weighted by Gasteiger charge is -2.35. The smallest absolute Gasteiger partial charge is 0.211 e.